The van der Waals surface area contributed by atoms with Crippen molar-refractivity contribution in [3.8, 4) is 0 Å². The molecule has 0 spiro atoms. The van der Waals surface area contributed by atoms with Crippen molar-refractivity contribution in [2.45, 2.75) is 38.1 Å². The highest BCUT2D eigenvalue weighted by Gasteiger charge is 2.42. The van der Waals surface area contributed by atoms with Crippen molar-refractivity contribution < 1.29 is 19.4 Å². The number of carbonyl (C=O) groups excluding carboxylic acids is 1. The number of amides is 1. The minimum Gasteiger partial charge on any atom is -0.480 e. The van der Waals surface area contributed by atoms with Gasteiger partial charge < -0.3 is 14.7 Å². The van der Waals surface area contributed by atoms with Gasteiger partial charge in [0.05, 0.1) is 0 Å². The average Bonchev–Trinajstić information content (AvgIpc) is 2.26. The Kier molecular flexibility index (Phi) is 4.29. The lowest BCUT2D eigenvalue weighted by atomic mass is 9.93. The number of hydrogen-bond acceptors (Lipinski definition) is 3. The van der Waals surface area contributed by atoms with Crippen molar-refractivity contribution in [1.29, 1.82) is 0 Å². The molecular weight excluding hydrogens is 210 g/mol. The molecular formula is C11H19NO4. The van der Waals surface area contributed by atoms with Crippen molar-refractivity contribution in [3.63, 3.8) is 0 Å². The number of likely N-dealkylation sites (tertiary alicyclic amines) is 1. The fraction of sp³-hybridized carbons (Fsp3) is 0.818. The molecule has 1 aliphatic rings. The van der Waals surface area contributed by atoms with E-state index in [1.165, 1.54) is 12.0 Å². The van der Waals surface area contributed by atoms with E-state index in [2.05, 4.69) is 0 Å². The second-order valence-electron chi connectivity index (χ2n) is 4.32. The Morgan fingerprint density at radius 2 is 2.25 bits per heavy atom. The number of carboxylic acid groups (broad SMARTS) is 1. The molecule has 0 saturated carbocycles. The van der Waals surface area contributed by atoms with Crippen LogP contribution in [-0.2, 0) is 14.3 Å². The molecule has 0 bridgehead atoms. The minimum atomic E-state index is -1.13. The molecule has 5 heteroatoms. The van der Waals surface area contributed by atoms with Gasteiger partial charge in [-0.15, -0.1) is 0 Å². The lowest BCUT2D eigenvalue weighted by Gasteiger charge is -2.40. The molecule has 0 aliphatic carbocycles. The normalized spacial score (nSPS) is 20.6. The molecule has 1 rings (SSSR count). The Morgan fingerprint density at radius 1 is 1.56 bits per heavy atom. The summed E-state index contributed by atoms with van der Waals surface area (Å²) in [5.74, 6) is -1.02. The molecule has 1 aliphatic heterocycles. The fourth-order valence-corrected chi connectivity index (χ4v) is 1.99. The highest BCUT2D eigenvalue weighted by atomic mass is 16.5. The van der Waals surface area contributed by atoms with Crippen molar-refractivity contribution in [1.82, 2.24) is 4.90 Å². The predicted molar refractivity (Wildman–Crippen MR) is 58.1 cm³/mol. The van der Waals surface area contributed by atoms with Crippen LogP contribution in [0.15, 0.2) is 0 Å². The summed E-state index contributed by atoms with van der Waals surface area (Å²) in [7, 11) is 1.53. The zero-order valence-corrected chi connectivity index (χ0v) is 9.86. The molecule has 1 fully saturated rings. The molecule has 16 heavy (non-hydrogen) atoms. The Morgan fingerprint density at radius 3 is 2.75 bits per heavy atom. The summed E-state index contributed by atoms with van der Waals surface area (Å²) >= 11 is 0. The number of carboxylic acids is 1. The molecule has 1 heterocycles. The quantitative estimate of drug-likeness (QED) is 0.760. The molecule has 1 amide bonds. The minimum absolute atomic E-state index is 0.0627. The topological polar surface area (TPSA) is 66.8 Å². The van der Waals surface area contributed by atoms with E-state index in [0.717, 1.165) is 12.8 Å². The molecule has 1 unspecified atom stereocenters. The van der Waals surface area contributed by atoms with Gasteiger partial charge in [0.25, 0.3) is 0 Å². The van der Waals surface area contributed by atoms with Gasteiger partial charge in [0.15, 0.2) is 0 Å². The highest BCUT2D eigenvalue weighted by molar-refractivity contribution is 5.87. The molecule has 1 saturated heterocycles. The summed E-state index contributed by atoms with van der Waals surface area (Å²) in [6, 6.07) is 0. The lowest BCUT2D eigenvalue weighted by molar-refractivity contribution is -0.161. The Balaban J connectivity index is 2.82. The number of piperidine rings is 1. The van der Waals surface area contributed by atoms with Crippen LogP contribution in [0.2, 0.25) is 0 Å². The molecule has 0 aromatic rings. The first-order valence-electron chi connectivity index (χ1n) is 5.55. The maximum atomic E-state index is 11.7. The molecule has 1 atom stereocenters. The summed E-state index contributed by atoms with van der Waals surface area (Å²) < 4.78 is 4.91. The standard InChI is InChI=1S/C11H19NO4/c1-11(10(14)15,6-8-16-2)12-7-4-3-5-9(12)13/h3-8H2,1-2H3,(H,14,15). The van der Waals surface area contributed by atoms with E-state index in [9.17, 15) is 14.7 Å². The van der Waals surface area contributed by atoms with Crippen LogP contribution in [0, 0.1) is 0 Å². The summed E-state index contributed by atoms with van der Waals surface area (Å²) in [5, 5.41) is 9.28. The zero-order valence-electron chi connectivity index (χ0n) is 9.86. The number of methoxy groups -OCH3 is 1. The van der Waals surface area contributed by atoms with Crippen LogP contribution >= 0.6 is 0 Å². The molecule has 92 valence electrons. The molecule has 0 aromatic carbocycles. The first kappa shape index (κ1) is 13.0. The Bertz CT molecular complexity index is 279. The van der Waals surface area contributed by atoms with Crippen LogP contribution < -0.4 is 0 Å². The third-order valence-corrected chi connectivity index (χ3v) is 3.17. The number of aliphatic carboxylic acids is 1. The van der Waals surface area contributed by atoms with Crippen LogP contribution in [0.1, 0.15) is 32.6 Å². The average molecular weight is 229 g/mol. The molecule has 5 nitrogen and oxygen atoms in total. The van der Waals surface area contributed by atoms with E-state index in [1.54, 1.807) is 6.92 Å². The van der Waals surface area contributed by atoms with Gasteiger partial charge in [-0.05, 0) is 19.8 Å². The van der Waals surface area contributed by atoms with Gasteiger partial charge in [0.2, 0.25) is 5.91 Å². The van der Waals surface area contributed by atoms with Crippen LogP contribution in [0.3, 0.4) is 0 Å². The maximum absolute atomic E-state index is 11.7. The van der Waals surface area contributed by atoms with Gasteiger partial charge in [-0.3, -0.25) is 4.79 Å². The first-order valence-corrected chi connectivity index (χ1v) is 5.55. The first-order chi connectivity index (χ1) is 7.52. The van der Waals surface area contributed by atoms with Crippen molar-refractivity contribution >= 4 is 11.9 Å². The lowest BCUT2D eigenvalue weighted by Crippen LogP contribution is -2.57. The van der Waals surface area contributed by atoms with Crippen LogP contribution in [0.25, 0.3) is 0 Å². The van der Waals surface area contributed by atoms with Gasteiger partial charge in [0.1, 0.15) is 5.54 Å². The van der Waals surface area contributed by atoms with E-state index in [-0.39, 0.29) is 5.91 Å². The Labute approximate surface area is 95.4 Å². The largest absolute Gasteiger partial charge is 0.480 e. The van der Waals surface area contributed by atoms with Gasteiger partial charge in [-0.2, -0.15) is 0 Å². The number of ether oxygens (including phenoxy) is 1. The highest BCUT2D eigenvalue weighted by Crippen LogP contribution is 2.25. The van der Waals surface area contributed by atoms with Crippen molar-refractivity contribution in [2.75, 3.05) is 20.3 Å². The SMILES string of the molecule is COCCC(C)(C(=O)O)N1CCCCC1=O. The number of carbonyl (C=O) groups is 2. The second-order valence-corrected chi connectivity index (χ2v) is 4.32. The van der Waals surface area contributed by atoms with E-state index < -0.39 is 11.5 Å². The van der Waals surface area contributed by atoms with Gasteiger partial charge >= 0.3 is 5.97 Å². The van der Waals surface area contributed by atoms with E-state index in [4.69, 9.17) is 4.74 Å². The maximum Gasteiger partial charge on any atom is 0.329 e. The summed E-state index contributed by atoms with van der Waals surface area (Å²) in [6.07, 6.45) is 2.51. The second kappa shape index (κ2) is 5.30. The van der Waals surface area contributed by atoms with Crippen LogP contribution in [-0.4, -0.2) is 47.7 Å². The zero-order chi connectivity index (χ0) is 12.2. The number of nitrogens with zero attached hydrogens (tertiary/aromatic N) is 1. The third-order valence-electron chi connectivity index (χ3n) is 3.17. The monoisotopic (exact) mass is 229 g/mol. The smallest absolute Gasteiger partial charge is 0.329 e. The Hall–Kier alpha value is -1.10. The third kappa shape index (κ3) is 2.52. The molecule has 0 radical (unpaired) electrons. The van der Waals surface area contributed by atoms with Crippen molar-refractivity contribution in [3.05, 3.63) is 0 Å². The molecule has 1 N–H and O–H groups in total. The molecule has 0 aromatic heterocycles. The number of rotatable bonds is 5. The van der Waals surface area contributed by atoms with Gasteiger partial charge in [0, 0.05) is 33.1 Å². The fourth-order valence-electron chi connectivity index (χ4n) is 1.99. The number of hydrogen-bond donors (Lipinski definition) is 1. The van der Waals surface area contributed by atoms with Gasteiger partial charge in [-0.25, -0.2) is 4.79 Å². The van der Waals surface area contributed by atoms with Crippen LogP contribution in [0.4, 0.5) is 0 Å². The summed E-state index contributed by atoms with van der Waals surface area (Å²) in [4.78, 5) is 24.5. The van der Waals surface area contributed by atoms with E-state index in [1.807, 2.05) is 0 Å². The van der Waals surface area contributed by atoms with E-state index in [0.29, 0.717) is 26.0 Å². The van der Waals surface area contributed by atoms with E-state index >= 15 is 0 Å². The predicted octanol–water partition coefficient (Wildman–Crippen LogP) is 0.879. The van der Waals surface area contributed by atoms with Gasteiger partial charge in [-0.1, -0.05) is 0 Å². The summed E-state index contributed by atoms with van der Waals surface area (Å²) in [6.45, 7) is 2.47. The van der Waals surface area contributed by atoms with Crippen molar-refractivity contribution in [2.24, 2.45) is 0 Å². The summed E-state index contributed by atoms with van der Waals surface area (Å²) in [5.41, 5.74) is -1.13. The van der Waals surface area contributed by atoms with Crippen LogP contribution in [0.5, 0.6) is 0 Å².